The molecule has 142 valence electrons. The van der Waals surface area contributed by atoms with E-state index in [1.807, 2.05) is 30.3 Å². The van der Waals surface area contributed by atoms with Crippen molar-refractivity contribution in [2.24, 2.45) is 5.92 Å². The zero-order chi connectivity index (χ0) is 19.3. The molecule has 4 rings (SSSR count). The van der Waals surface area contributed by atoms with Crippen molar-refractivity contribution in [3.63, 3.8) is 0 Å². The average Bonchev–Trinajstić information content (AvgIpc) is 3.42. The van der Waals surface area contributed by atoms with E-state index in [9.17, 15) is 9.59 Å². The van der Waals surface area contributed by atoms with E-state index in [1.54, 1.807) is 24.3 Å². The summed E-state index contributed by atoms with van der Waals surface area (Å²) in [6.07, 6.45) is 3.76. The number of amides is 2. The van der Waals surface area contributed by atoms with E-state index in [2.05, 4.69) is 26.2 Å². The Morgan fingerprint density at radius 2 is 1.79 bits per heavy atom. The number of tetrazole rings is 1. The minimum atomic E-state index is -0.595. The number of anilines is 2. The van der Waals surface area contributed by atoms with Crippen LogP contribution in [-0.4, -0.2) is 32.0 Å². The normalized spacial score (nSPS) is 14.3. The molecular formula is C20H20N6O2. The lowest BCUT2D eigenvalue weighted by molar-refractivity contribution is -0.119. The highest BCUT2D eigenvalue weighted by molar-refractivity contribution is 5.97. The second-order valence-corrected chi connectivity index (χ2v) is 6.83. The molecule has 8 heteroatoms. The van der Waals surface area contributed by atoms with Gasteiger partial charge in [0.25, 0.3) is 0 Å². The lowest BCUT2D eigenvalue weighted by atomic mass is 10.1. The summed E-state index contributed by atoms with van der Waals surface area (Å²) >= 11 is 0. The van der Waals surface area contributed by atoms with Crippen LogP contribution in [0.4, 0.5) is 11.4 Å². The van der Waals surface area contributed by atoms with Gasteiger partial charge in [-0.1, -0.05) is 36.4 Å². The number of nitrogens with one attached hydrogen (secondary N) is 2. The first-order valence-electron chi connectivity index (χ1n) is 9.17. The number of carbonyl (C=O) groups excluding carboxylic acids is 2. The number of hydrogen-bond acceptors (Lipinski definition) is 5. The minimum absolute atomic E-state index is 0.0270. The number of carbonyl (C=O) groups is 2. The highest BCUT2D eigenvalue weighted by atomic mass is 16.2. The summed E-state index contributed by atoms with van der Waals surface area (Å²) in [5.41, 5.74) is 2.27. The first-order chi connectivity index (χ1) is 13.7. The van der Waals surface area contributed by atoms with Crippen molar-refractivity contribution in [3.05, 3.63) is 66.5 Å². The van der Waals surface area contributed by atoms with Crippen LogP contribution in [0.5, 0.6) is 0 Å². The largest absolute Gasteiger partial charge is 0.326 e. The molecule has 1 aliphatic carbocycles. The molecule has 1 heterocycles. The molecule has 0 radical (unpaired) electrons. The third kappa shape index (κ3) is 4.40. The summed E-state index contributed by atoms with van der Waals surface area (Å²) in [5, 5.41) is 17.0. The Hall–Kier alpha value is -3.55. The van der Waals surface area contributed by atoms with Crippen LogP contribution in [0.25, 0.3) is 0 Å². The summed E-state index contributed by atoms with van der Waals surface area (Å²) in [6.45, 7) is 0. The summed E-state index contributed by atoms with van der Waals surface area (Å²) in [5.74, 6) is -0.0886. The van der Waals surface area contributed by atoms with E-state index in [0.717, 1.165) is 18.4 Å². The molecule has 0 spiro atoms. The van der Waals surface area contributed by atoms with Crippen molar-refractivity contribution in [2.75, 3.05) is 10.6 Å². The smallest absolute Gasteiger partial charge is 0.249 e. The Morgan fingerprint density at radius 1 is 1.04 bits per heavy atom. The Kier molecular flexibility index (Phi) is 5.09. The number of nitrogens with zero attached hydrogens (tertiary/aromatic N) is 4. The Bertz CT molecular complexity index is 954. The van der Waals surface area contributed by atoms with Gasteiger partial charge in [-0.25, -0.2) is 4.68 Å². The fraction of sp³-hybridized carbons (Fsp3) is 0.250. The molecular weight excluding hydrogens is 356 g/mol. The van der Waals surface area contributed by atoms with E-state index in [4.69, 9.17) is 0 Å². The first-order valence-corrected chi connectivity index (χ1v) is 9.17. The van der Waals surface area contributed by atoms with Gasteiger partial charge in [0.2, 0.25) is 11.8 Å². The molecule has 1 unspecified atom stereocenters. The van der Waals surface area contributed by atoms with Crippen LogP contribution in [0, 0.1) is 5.92 Å². The van der Waals surface area contributed by atoms with Gasteiger partial charge in [-0.15, -0.1) is 5.10 Å². The summed E-state index contributed by atoms with van der Waals surface area (Å²) in [4.78, 5) is 24.9. The van der Waals surface area contributed by atoms with E-state index >= 15 is 0 Å². The van der Waals surface area contributed by atoms with Crippen LogP contribution in [0.1, 0.15) is 24.4 Å². The maximum absolute atomic E-state index is 13.0. The van der Waals surface area contributed by atoms with Gasteiger partial charge in [-0.05, 0) is 47.0 Å². The fourth-order valence-corrected chi connectivity index (χ4v) is 2.95. The molecule has 1 aliphatic rings. The van der Waals surface area contributed by atoms with E-state index in [-0.39, 0.29) is 17.7 Å². The molecule has 0 aliphatic heterocycles. The molecule has 2 N–H and O–H groups in total. The van der Waals surface area contributed by atoms with Crippen LogP contribution in [0.15, 0.2) is 60.9 Å². The van der Waals surface area contributed by atoms with Gasteiger partial charge in [-0.3, -0.25) is 9.59 Å². The summed E-state index contributed by atoms with van der Waals surface area (Å²) in [6, 6.07) is 16.2. The van der Waals surface area contributed by atoms with Crippen molar-refractivity contribution >= 4 is 23.2 Å². The first kappa shape index (κ1) is 17.8. The maximum atomic E-state index is 13.0. The van der Waals surface area contributed by atoms with Crippen molar-refractivity contribution in [1.82, 2.24) is 20.2 Å². The molecule has 1 saturated carbocycles. The second-order valence-electron chi connectivity index (χ2n) is 6.83. The SMILES string of the molecule is O=C(Nc1cccc(NC(=O)C(Cc2ccccc2)n2cnnn2)c1)C1CC1. The van der Waals surface area contributed by atoms with Crippen molar-refractivity contribution < 1.29 is 9.59 Å². The topological polar surface area (TPSA) is 102 Å². The third-order valence-electron chi connectivity index (χ3n) is 4.60. The molecule has 2 amide bonds. The number of aromatic nitrogens is 4. The molecule has 8 nitrogen and oxygen atoms in total. The Morgan fingerprint density at radius 3 is 2.46 bits per heavy atom. The van der Waals surface area contributed by atoms with Crippen LogP contribution in [0.2, 0.25) is 0 Å². The molecule has 3 aromatic rings. The van der Waals surface area contributed by atoms with Crippen LogP contribution in [0.3, 0.4) is 0 Å². The maximum Gasteiger partial charge on any atom is 0.249 e. The fourth-order valence-electron chi connectivity index (χ4n) is 2.95. The highest BCUT2D eigenvalue weighted by Crippen LogP contribution is 2.30. The molecule has 2 aromatic carbocycles. The Labute approximate surface area is 162 Å². The zero-order valence-electron chi connectivity index (χ0n) is 15.2. The predicted octanol–water partition coefficient (Wildman–Crippen LogP) is 2.44. The number of rotatable bonds is 7. The van der Waals surface area contributed by atoms with Gasteiger partial charge in [0.05, 0.1) is 0 Å². The van der Waals surface area contributed by atoms with Gasteiger partial charge in [0.15, 0.2) is 0 Å². The van der Waals surface area contributed by atoms with Gasteiger partial charge >= 0.3 is 0 Å². The molecule has 0 saturated heterocycles. The third-order valence-corrected chi connectivity index (χ3v) is 4.60. The molecule has 0 bridgehead atoms. The zero-order valence-corrected chi connectivity index (χ0v) is 15.2. The van der Waals surface area contributed by atoms with Gasteiger partial charge in [0.1, 0.15) is 12.4 Å². The second kappa shape index (κ2) is 7.99. The lowest BCUT2D eigenvalue weighted by Gasteiger charge is -2.17. The van der Waals surface area contributed by atoms with Crippen LogP contribution in [-0.2, 0) is 16.0 Å². The van der Waals surface area contributed by atoms with Crippen molar-refractivity contribution in [3.8, 4) is 0 Å². The lowest BCUT2D eigenvalue weighted by Crippen LogP contribution is -2.28. The monoisotopic (exact) mass is 376 g/mol. The Balaban J connectivity index is 1.48. The predicted molar refractivity (Wildman–Crippen MR) is 103 cm³/mol. The number of benzene rings is 2. The van der Waals surface area contributed by atoms with E-state index < -0.39 is 6.04 Å². The number of hydrogen-bond donors (Lipinski definition) is 2. The van der Waals surface area contributed by atoms with Gasteiger partial charge < -0.3 is 10.6 Å². The van der Waals surface area contributed by atoms with E-state index in [1.165, 1.54) is 11.0 Å². The van der Waals surface area contributed by atoms with Crippen LogP contribution < -0.4 is 10.6 Å². The quantitative estimate of drug-likeness (QED) is 0.659. The molecule has 1 fully saturated rings. The molecule has 1 aromatic heterocycles. The van der Waals surface area contributed by atoms with E-state index in [0.29, 0.717) is 17.8 Å². The summed E-state index contributed by atoms with van der Waals surface area (Å²) < 4.78 is 1.45. The molecule has 1 atom stereocenters. The average molecular weight is 376 g/mol. The van der Waals surface area contributed by atoms with Gasteiger partial charge in [-0.2, -0.15) is 0 Å². The van der Waals surface area contributed by atoms with Crippen molar-refractivity contribution in [1.29, 1.82) is 0 Å². The molecule has 28 heavy (non-hydrogen) atoms. The minimum Gasteiger partial charge on any atom is -0.326 e. The van der Waals surface area contributed by atoms with Gasteiger partial charge in [0, 0.05) is 23.7 Å². The summed E-state index contributed by atoms with van der Waals surface area (Å²) in [7, 11) is 0. The van der Waals surface area contributed by atoms with Crippen molar-refractivity contribution in [2.45, 2.75) is 25.3 Å². The van der Waals surface area contributed by atoms with Crippen LogP contribution >= 0.6 is 0 Å². The standard InChI is InChI=1S/C20H20N6O2/c27-19(15-9-10-15)22-16-7-4-8-17(12-16)23-20(28)18(26-13-21-24-25-26)11-14-5-2-1-3-6-14/h1-8,12-13,15,18H,9-11H2,(H,22,27)(H,23,28). The highest BCUT2D eigenvalue weighted by Gasteiger charge is 2.29.